The molecule has 0 spiro atoms. The van der Waals surface area contributed by atoms with E-state index in [2.05, 4.69) is 42.5 Å². The average molecular weight is 332 g/mol. The SMILES string of the molecule is CC(Nc1nccc2c(Br)cccc12)c1nncn1C. The highest BCUT2D eigenvalue weighted by Gasteiger charge is 2.13. The number of nitrogens with one attached hydrogen (secondary N) is 1. The zero-order valence-corrected chi connectivity index (χ0v) is 12.8. The molecule has 0 aliphatic heterocycles. The van der Waals surface area contributed by atoms with Crippen LogP contribution in [0.4, 0.5) is 5.82 Å². The van der Waals surface area contributed by atoms with Gasteiger partial charge in [-0.1, -0.05) is 28.1 Å². The molecule has 20 heavy (non-hydrogen) atoms. The highest BCUT2D eigenvalue weighted by molar-refractivity contribution is 9.10. The van der Waals surface area contributed by atoms with Gasteiger partial charge in [-0.15, -0.1) is 10.2 Å². The molecule has 2 heterocycles. The fourth-order valence-electron chi connectivity index (χ4n) is 2.24. The van der Waals surface area contributed by atoms with E-state index >= 15 is 0 Å². The van der Waals surface area contributed by atoms with Crippen LogP contribution in [0.1, 0.15) is 18.8 Å². The third kappa shape index (κ3) is 2.27. The summed E-state index contributed by atoms with van der Waals surface area (Å²) in [6, 6.07) is 8.11. The molecule has 1 unspecified atom stereocenters. The Morgan fingerprint density at radius 1 is 1.25 bits per heavy atom. The average Bonchev–Trinajstić information content (AvgIpc) is 2.86. The second-order valence-corrected chi connectivity index (χ2v) is 5.51. The molecule has 1 N–H and O–H groups in total. The monoisotopic (exact) mass is 331 g/mol. The second kappa shape index (κ2) is 5.20. The summed E-state index contributed by atoms with van der Waals surface area (Å²) in [6.07, 6.45) is 3.50. The normalized spacial score (nSPS) is 12.6. The Labute approximate surface area is 125 Å². The van der Waals surface area contributed by atoms with E-state index in [1.807, 2.05) is 36.7 Å². The minimum absolute atomic E-state index is 0.0274. The highest BCUT2D eigenvalue weighted by atomic mass is 79.9. The molecule has 2 aromatic heterocycles. The maximum absolute atomic E-state index is 4.44. The standard InChI is InChI=1S/C14H14BrN5/c1-9(14-19-17-8-20(14)2)18-13-11-4-3-5-12(15)10(11)6-7-16-13/h3-9H,1-2H3,(H,16,18). The zero-order valence-electron chi connectivity index (χ0n) is 11.2. The van der Waals surface area contributed by atoms with Gasteiger partial charge in [0.1, 0.15) is 12.1 Å². The van der Waals surface area contributed by atoms with Crippen LogP contribution in [-0.2, 0) is 7.05 Å². The van der Waals surface area contributed by atoms with E-state index in [0.29, 0.717) is 0 Å². The summed E-state index contributed by atoms with van der Waals surface area (Å²) in [6.45, 7) is 2.04. The first kappa shape index (κ1) is 13.1. The molecule has 0 fully saturated rings. The van der Waals surface area contributed by atoms with Crippen molar-refractivity contribution in [2.24, 2.45) is 7.05 Å². The molecule has 3 rings (SSSR count). The van der Waals surface area contributed by atoms with Crippen molar-refractivity contribution >= 4 is 32.5 Å². The molecule has 0 aliphatic carbocycles. The van der Waals surface area contributed by atoms with Crippen LogP contribution < -0.4 is 5.32 Å². The van der Waals surface area contributed by atoms with E-state index in [-0.39, 0.29) is 6.04 Å². The van der Waals surface area contributed by atoms with Crippen molar-refractivity contribution in [1.82, 2.24) is 19.7 Å². The molecule has 0 saturated heterocycles. The number of anilines is 1. The Hall–Kier alpha value is -1.95. The quantitative estimate of drug-likeness (QED) is 0.800. The van der Waals surface area contributed by atoms with Crippen LogP contribution in [0.5, 0.6) is 0 Å². The van der Waals surface area contributed by atoms with Crippen LogP contribution >= 0.6 is 15.9 Å². The summed E-state index contributed by atoms with van der Waals surface area (Å²) in [7, 11) is 1.93. The number of halogens is 1. The van der Waals surface area contributed by atoms with Gasteiger partial charge in [-0.25, -0.2) is 4.98 Å². The van der Waals surface area contributed by atoms with Crippen molar-refractivity contribution in [1.29, 1.82) is 0 Å². The zero-order chi connectivity index (χ0) is 14.1. The van der Waals surface area contributed by atoms with Crippen LogP contribution in [0.2, 0.25) is 0 Å². The van der Waals surface area contributed by atoms with Crippen LogP contribution in [0.3, 0.4) is 0 Å². The van der Waals surface area contributed by atoms with E-state index in [4.69, 9.17) is 0 Å². The Bertz CT molecular complexity index is 752. The summed E-state index contributed by atoms with van der Waals surface area (Å²) < 4.78 is 2.96. The van der Waals surface area contributed by atoms with E-state index in [1.165, 1.54) is 0 Å². The highest BCUT2D eigenvalue weighted by Crippen LogP contribution is 2.29. The number of benzene rings is 1. The largest absolute Gasteiger partial charge is 0.360 e. The molecule has 0 bridgehead atoms. The lowest BCUT2D eigenvalue weighted by atomic mass is 10.1. The molecule has 1 aromatic carbocycles. The van der Waals surface area contributed by atoms with Gasteiger partial charge in [0.2, 0.25) is 0 Å². The number of hydrogen-bond donors (Lipinski definition) is 1. The smallest absolute Gasteiger partial charge is 0.154 e. The number of nitrogens with zero attached hydrogens (tertiary/aromatic N) is 4. The Kier molecular flexibility index (Phi) is 3.40. The van der Waals surface area contributed by atoms with E-state index in [1.54, 1.807) is 12.5 Å². The molecule has 102 valence electrons. The lowest BCUT2D eigenvalue weighted by molar-refractivity contribution is 0.717. The number of aromatic nitrogens is 4. The Balaban J connectivity index is 1.99. The van der Waals surface area contributed by atoms with Crippen molar-refractivity contribution in [2.45, 2.75) is 13.0 Å². The molecule has 0 aliphatic rings. The minimum Gasteiger partial charge on any atom is -0.360 e. The lowest BCUT2D eigenvalue weighted by Gasteiger charge is -2.15. The summed E-state index contributed by atoms with van der Waals surface area (Å²) >= 11 is 3.57. The van der Waals surface area contributed by atoms with Gasteiger partial charge >= 0.3 is 0 Å². The van der Waals surface area contributed by atoms with E-state index < -0.39 is 0 Å². The maximum atomic E-state index is 4.44. The van der Waals surface area contributed by atoms with Gasteiger partial charge in [0.25, 0.3) is 0 Å². The first-order chi connectivity index (χ1) is 9.66. The summed E-state index contributed by atoms with van der Waals surface area (Å²) in [5.74, 6) is 1.72. The van der Waals surface area contributed by atoms with Crippen molar-refractivity contribution in [3.05, 3.63) is 47.1 Å². The Morgan fingerprint density at radius 3 is 2.85 bits per heavy atom. The maximum Gasteiger partial charge on any atom is 0.154 e. The van der Waals surface area contributed by atoms with Gasteiger partial charge in [0.05, 0.1) is 6.04 Å². The van der Waals surface area contributed by atoms with Crippen molar-refractivity contribution in [2.75, 3.05) is 5.32 Å². The van der Waals surface area contributed by atoms with Gasteiger partial charge in [-0.05, 0) is 19.1 Å². The number of rotatable bonds is 3. The van der Waals surface area contributed by atoms with E-state index in [9.17, 15) is 0 Å². The number of pyridine rings is 1. The van der Waals surface area contributed by atoms with Crippen molar-refractivity contribution < 1.29 is 0 Å². The molecule has 5 nitrogen and oxygen atoms in total. The molecule has 6 heteroatoms. The van der Waals surface area contributed by atoms with Crippen LogP contribution in [0.15, 0.2) is 41.3 Å². The van der Waals surface area contributed by atoms with Gasteiger partial charge in [-0.3, -0.25) is 0 Å². The van der Waals surface area contributed by atoms with Gasteiger partial charge in [0, 0.05) is 28.5 Å². The molecular formula is C14H14BrN5. The third-order valence-electron chi connectivity index (χ3n) is 3.24. The molecule has 3 aromatic rings. The summed E-state index contributed by atoms with van der Waals surface area (Å²) in [5, 5.41) is 13.6. The lowest BCUT2D eigenvalue weighted by Crippen LogP contribution is -2.13. The number of fused-ring (bicyclic) bond motifs is 1. The van der Waals surface area contributed by atoms with E-state index in [0.717, 1.165) is 26.9 Å². The Morgan fingerprint density at radius 2 is 2.10 bits per heavy atom. The van der Waals surface area contributed by atoms with Crippen molar-refractivity contribution in [3.8, 4) is 0 Å². The molecule has 0 radical (unpaired) electrons. The molecule has 0 saturated carbocycles. The first-order valence-electron chi connectivity index (χ1n) is 6.30. The van der Waals surface area contributed by atoms with Crippen molar-refractivity contribution in [3.63, 3.8) is 0 Å². The topological polar surface area (TPSA) is 55.6 Å². The predicted molar refractivity (Wildman–Crippen MR) is 82.5 cm³/mol. The van der Waals surface area contributed by atoms with Gasteiger partial charge in [0.15, 0.2) is 5.82 Å². The fourth-order valence-corrected chi connectivity index (χ4v) is 2.74. The van der Waals surface area contributed by atoms with Crippen LogP contribution in [-0.4, -0.2) is 19.7 Å². The molecular weight excluding hydrogens is 318 g/mol. The van der Waals surface area contributed by atoms with Crippen LogP contribution in [0.25, 0.3) is 10.8 Å². The second-order valence-electron chi connectivity index (χ2n) is 4.66. The van der Waals surface area contributed by atoms with Crippen LogP contribution in [0, 0.1) is 0 Å². The third-order valence-corrected chi connectivity index (χ3v) is 3.93. The molecule has 1 atom stereocenters. The summed E-state index contributed by atoms with van der Waals surface area (Å²) in [4.78, 5) is 4.44. The first-order valence-corrected chi connectivity index (χ1v) is 7.10. The van der Waals surface area contributed by atoms with Gasteiger partial charge < -0.3 is 9.88 Å². The fraction of sp³-hybridized carbons (Fsp3) is 0.214. The number of hydrogen-bond acceptors (Lipinski definition) is 4. The predicted octanol–water partition coefficient (Wildman–Crippen LogP) is 3.30. The van der Waals surface area contributed by atoms with Gasteiger partial charge in [-0.2, -0.15) is 0 Å². The molecule has 0 amide bonds. The number of aryl methyl sites for hydroxylation is 1. The minimum atomic E-state index is 0.0274. The summed E-state index contributed by atoms with van der Waals surface area (Å²) in [5.41, 5.74) is 0.